The van der Waals surface area contributed by atoms with Gasteiger partial charge >= 0.3 is 5.97 Å². The molecule has 134 valence electrons. The predicted octanol–water partition coefficient (Wildman–Crippen LogP) is 1.07. The lowest BCUT2D eigenvalue weighted by Gasteiger charge is -2.15. The van der Waals surface area contributed by atoms with Crippen molar-refractivity contribution in [3.05, 3.63) is 28.6 Å². The molecule has 3 rings (SSSR count). The van der Waals surface area contributed by atoms with Crippen LogP contribution < -0.4 is 5.32 Å². The molecule has 2 N–H and O–H groups in total. The van der Waals surface area contributed by atoms with Gasteiger partial charge in [0, 0.05) is 25.4 Å². The lowest BCUT2D eigenvalue weighted by Crippen LogP contribution is -2.29. The van der Waals surface area contributed by atoms with Crippen molar-refractivity contribution in [2.24, 2.45) is 0 Å². The highest BCUT2D eigenvalue weighted by Crippen LogP contribution is 2.28. The maximum atomic E-state index is 12.7. The molecule has 1 aliphatic rings. The van der Waals surface area contributed by atoms with E-state index in [4.69, 9.17) is 5.11 Å². The quantitative estimate of drug-likeness (QED) is 0.768. The summed E-state index contributed by atoms with van der Waals surface area (Å²) in [6.45, 7) is 0.584. The number of carbonyl (C=O) groups is 2. The maximum Gasteiger partial charge on any atom is 0.325 e. The van der Waals surface area contributed by atoms with Gasteiger partial charge in [-0.05, 0) is 24.3 Å². The number of amides is 1. The van der Waals surface area contributed by atoms with Crippen molar-refractivity contribution in [3.8, 4) is 0 Å². The zero-order chi connectivity index (χ0) is 18.0. The number of hydrogen-bond acceptors (Lipinski definition) is 6. The van der Waals surface area contributed by atoms with Crippen LogP contribution in [0.25, 0.3) is 0 Å². The highest BCUT2D eigenvalue weighted by molar-refractivity contribution is 7.89. The summed E-state index contributed by atoms with van der Waals surface area (Å²) >= 11 is 1.03. The maximum absolute atomic E-state index is 12.7. The normalized spacial score (nSPS) is 15.4. The highest BCUT2D eigenvalue weighted by atomic mass is 32.2. The average Bonchev–Trinajstić information content (AvgIpc) is 3.28. The first kappa shape index (κ1) is 17.6. The fourth-order valence-corrected chi connectivity index (χ4v) is 5.37. The lowest BCUT2D eigenvalue weighted by molar-refractivity contribution is -0.137. The van der Waals surface area contributed by atoms with Crippen LogP contribution in [0.1, 0.15) is 22.5 Å². The second-order valence-electron chi connectivity index (χ2n) is 5.47. The van der Waals surface area contributed by atoms with Crippen molar-refractivity contribution in [1.82, 2.24) is 14.1 Å². The summed E-state index contributed by atoms with van der Waals surface area (Å²) in [4.78, 5) is 23.2. The second kappa shape index (κ2) is 6.94. The Bertz CT molecular complexity index is 896. The molecule has 9 nitrogen and oxygen atoms in total. The molecular weight excluding hydrogens is 368 g/mol. The molecule has 3 heterocycles. The first-order valence-corrected chi connectivity index (χ1v) is 9.84. The first-order chi connectivity index (χ1) is 11.9. The minimum absolute atomic E-state index is 0.0122. The van der Waals surface area contributed by atoms with E-state index in [1.54, 1.807) is 5.38 Å². The third-order valence-electron chi connectivity index (χ3n) is 3.70. The smallest absolute Gasteiger partial charge is 0.325 e. The van der Waals surface area contributed by atoms with Gasteiger partial charge in [-0.15, -0.1) is 11.3 Å². The molecule has 0 aromatic carbocycles. The molecule has 0 saturated carbocycles. The molecular formula is C14H16N4O5S2. The number of carboxylic acid groups (broad SMARTS) is 1. The Morgan fingerprint density at radius 2 is 2.00 bits per heavy atom. The van der Waals surface area contributed by atoms with E-state index in [0.29, 0.717) is 13.1 Å². The highest BCUT2D eigenvalue weighted by Gasteiger charge is 2.31. The number of sulfonamides is 1. The Kier molecular flexibility index (Phi) is 4.88. The molecule has 0 aliphatic carbocycles. The van der Waals surface area contributed by atoms with Crippen LogP contribution in [-0.2, 0) is 21.4 Å². The van der Waals surface area contributed by atoms with Crippen LogP contribution in [0.2, 0.25) is 0 Å². The van der Waals surface area contributed by atoms with E-state index in [-0.39, 0.29) is 22.1 Å². The van der Waals surface area contributed by atoms with E-state index >= 15 is 0 Å². The van der Waals surface area contributed by atoms with Gasteiger partial charge in [0.15, 0.2) is 5.82 Å². The van der Waals surface area contributed by atoms with Crippen molar-refractivity contribution in [3.63, 3.8) is 0 Å². The van der Waals surface area contributed by atoms with E-state index in [1.807, 2.05) is 0 Å². The third-order valence-corrected chi connectivity index (χ3v) is 6.68. The van der Waals surface area contributed by atoms with Crippen molar-refractivity contribution in [2.45, 2.75) is 24.3 Å². The fourth-order valence-electron chi connectivity index (χ4n) is 2.56. The van der Waals surface area contributed by atoms with Gasteiger partial charge in [-0.2, -0.15) is 9.40 Å². The number of anilines is 1. The van der Waals surface area contributed by atoms with E-state index in [1.165, 1.54) is 22.6 Å². The standard InChI is InChI=1S/C14H16N4O5S2/c19-12(20)9-17-7-3-11(16-17)15-14(21)13-10(4-8-24-13)25(22,23)18-5-1-2-6-18/h3-4,7-8H,1-2,5-6,9H2,(H,19,20)(H,15,16,21). The molecule has 0 radical (unpaired) electrons. The summed E-state index contributed by atoms with van der Waals surface area (Å²) in [6, 6.07) is 2.87. The molecule has 0 unspecified atom stereocenters. The summed E-state index contributed by atoms with van der Waals surface area (Å²) in [7, 11) is -3.69. The van der Waals surface area contributed by atoms with Gasteiger partial charge in [0.1, 0.15) is 16.3 Å². The summed E-state index contributed by atoms with van der Waals surface area (Å²) in [5.41, 5.74) is 0. The number of thiophene rings is 1. The van der Waals surface area contributed by atoms with Gasteiger partial charge < -0.3 is 10.4 Å². The van der Waals surface area contributed by atoms with Crippen LogP contribution in [-0.4, -0.2) is 52.6 Å². The molecule has 1 saturated heterocycles. The topological polar surface area (TPSA) is 122 Å². The summed E-state index contributed by atoms with van der Waals surface area (Å²) in [6.07, 6.45) is 3.04. The molecule has 0 spiro atoms. The molecule has 1 fully saturated rings. The number of nitrogens with zero attached hydrogens (tertiary/aromatic N) is 3. The zero-order valence-corrected chi connectivity index (χ0v) is 14.7. The van der Waals surface area contributed by atoms with Crippen LogP contribution in [0.3, 0.4) is 0 Å². The number of carboxylic acids is 1. The number of hydrogen-bond donors (Lipinski definition) is 2. The number of rotatable bonds is 6. The first-order valence-electron chi connectivity index (χ1n) is 7.52. The number of nitrogens with one attached hydrogen (secondary N) is 1. The third kappa shape index (κ3) is 3.72. The molecule has 1 amide bonds. The number of aliphatic carboxylic acids is 1. The van der Waals surface area contributed by atoms with E-state index in [2.05, 4.69) is 10.4 Å². The van der Waals surface area contributed by atoms with Gasteiger partial charge in [-0.25, -0.2) is 8.42 Å². The van der Waals surface area contributed by atoms with E-state index in [0.717, 1.165) is 28.9 Å². The second-order valence-corrected chi connectivity index (χ2v) is 8.29. The molecule has 0 atom stereocenters. The molecule has 25 heavy (non-hydrogen) atoms. The Hall–Kier alpha value is -2.24. The van der Waals surface area contributed by atoms with Gasteiger partial charge in [0.2, 0.25) is 10.0 Å². The summed E-state index contributed by atoms with van der Waals surface area (Å²) < 4.78 is 27.9. The molecule has 2 aromatic rings. The molecule has 2 aromatic heterocycles. The van der Waals surface area contributed by atoms with Gasteiger partial charge in [-0.3, -0.25) is 14.3 Å². The Morgan fingerprint density at radius 3 is 2.68 bits per heavy atom. The van der Waals surface area contributed by atoms with Crippen LogP contribution in [0.15, 0.2) is 28.6 Å². The summed E-state index contributed by atoms with van der Waals surface area (Å²) in [5.74, 6) is -1.49. The van der Waals surface area contributed by atoms with Gasteiger partial charge in [-0.1, -0.05) is 0 Å². The number of carbonyl (C=O) groups excluding carboxylic acids is 1. The van der Waals surface area contributed by atoms with Crippen molar-refractivity contribution < 1.29 is 23.1 Å². The zero-order valence-electron chi connectivity index (χ0n) is 13.1. The molecule has 1 aliphatic heterocycles. The van der Waals surface area contributed by atoms with E-state index in [9.17, 15) is 18.0 Å². The predicted molar refractivity (Wildman–Crippen MR) is 90.1 cm³/mol. The minimum atomic E-state index is -3.69. The van der Waals surface area contributed by atoms with Crippen LogP contribution >= 0.6 is 11.3 Å². The SMILES string of the molecule is O=C(O)Cn1ccc(NC(=O)c2sccc2S(=O)(=O)N2CCCC2)n1. The summed E-state index contributed by atoms with van der Waals surface area (Å²) in [5, 5.41) is 16.7. The van der Waals surface area contributed by atoms with Crippen molar-refractivity contribution in [2.75, 3.05) is 18.4 Å². The van der Waals surface area contributed by atoms with Crippen LogP contribution in [0, 0.1) is 0 Å². The lowest BCUT2D eigenvalue weighted by atomic mass is 10.4. The molecule has 11 heteroatoms. The van der Waals surface area contributed by atoms with Crippen molar-refractivity contribution >= 4 is 39.1 Å². The Morgan fingerprint density at radius 1 is 1.28 bits per heavy atom. The van der Waals surface area contributed by atoms with Crippen LogP contribution in [0.5, 0.6) is 0 Å². The average molecular weight is 384 g/mol. The minimum Gasteiger partial charge on any atom is -0.480 e. The largest absolute Gasteiger partial charge is 0.480 e. The fraction of sp³-hybridized carbons (Fsp3) is 0.357. The monoisotopic (exact) mass is 384 g/mol. The Balaban J connectivity index is 1.78. The van der Waals surface area contributed by atoms with Gasteiger partial charge in [0.25, 0.3) is 5.91 Å². The molecule has 0 bridgehead atoms. The van der Waals surface area contributed by atoms with Gasteiger partial charge in [0.05, 0.1) is 0 Å². The number of aromatic nitrogens is 2. The van der Waals surface area contributed by atoms with Crippen LogP contribution in [0.4, 0.5) is 5.82 Å². The van der Waals surface area contributed by atoms with Crippen molar-refractivity contribution in [1.29, 1.82) is 0 Å². The van der Waals surface area contributed by atoms with E-state index < -0.39 is 21.9 Å². The Labute approximate surface area is 147 Å².